The van der Waals surface area contributed by atoms with Crippen LogP contribution in [0.5, 0.6) is 0 Å². The van der Waals surface area contributed by atoms with Crippen LogP contribution in [0, 0.1) is 19.8 Å². The minimum Gasteiger partial charge on any atom is -0.349 e. The van der Waals surface area contributed by atoms with E-state index in [-0.39, 0.29) is 0 Å². The predicted octanol–water partition coefficient (Wildman–Crippen LogP) is 2.48. The van der Waals surface area contributed by atoms with E-state index in [1.165, 1.54) is 17.0 Å². The average molecular weight is 194 g/mol. The highest BCUT2D eigenvalue weighted by Gasteiger charge is 2.08. The molecule has 1 aromatic heterocycles. The number of nitrogens with zero attached hydrogens (tertiary/aromatic N) is 1. The summed E-state index contributed by atoms with van der Waals surface area (Å²) in [5.41, 5.74) is 4.21. The lowest BCUT2D eigenvalue weighted by molar-refractivity contribution is 0.508. The Bertz CT molecular complexity index is 298. The van der Waals surface area contributed by atoms with E-state index in [0.717, 1.165) is 13.1 Å². The lowest BCUT2D eigenvalue weighted by atomic mass is 10.2. The molecule has 0 aliphatic rings. The normalized spacial score (nSPS) is 11.3. The summed E-state index contributed by atoms with van der Waals surface area (Å²) in [5.74, 6) is 0.710. The molecule has 0 fully saturated rings. The first kappa shape index (κ1) is 11.3. The summed E-state index contributed by atoms with van der Waals surface area (Å²) in [6.45, 7) is 11.0. The van der Waals surface area contributed by atoms with E-state index in [1.54, 1.807) is 0 Å². The quantitative estimate of drug-likeness (QED) is 0.779. The van der Waals surface area contributed by atoms with Crippen LogP contribution in [-0.4, -0.2) is 11.6 Å². The molecule has 0 radical (unpaired) electrons. The summed E-state index contributed by atoms with van der Waals surface area (Å²) in [6.07, 6.45) is 0. The van der Waals surface area contributed by atoms with Crippen molar-refractivity contribution in [1.82, 2.24) is 9.88 Å². The molecule has 1 N–H and O–H groups in total. The maximum atomic E-state index is 3.21. The molecular formula is C12H22N2. The fraction of sp³-hybridized carbons (Fsp3) is 0.667. The Balaban J connectivity index is 2.92. The largest absolute Gasteiger partial charge is 0.349 e. The van der Waals surface area contributed by atoms with Crippen molar-refractivity contribution in [3.63, 3.8) is 0 Å². The second kappa shape index (κ2) is 4.65. The van der Waals surface area contributed by atoms with Gasteiger partial charge in [-0.2, -0.15) is 0 Å². The van der Waals surface area contributed by atoms with E-state index < -0.39 is 0 Å². The monoisotopic (exact) mass is 194 g/mol. The first-order valence-electron chi connectivity index (χ1n) is 5.36. The van der Waals surface area contributed by atoms with Gasteiger partial charge in [0.05, 0.1) is 0 Å². The van der Waals surface area contributed by atoms with Gasteiger partial charge >= 0.3 is 0 Å². The topological polar surface area (TPSA) is 17.0 Å². The van der Waals surface area contributed by atoms with E-state index >= 15 is 0 Å². The number of hydrogen-bond donors (Lipinski definition) is 1. The standard InChI is InChI=1S/C12H22N2/c1-9(2)8-14-10(3)6-12(7-13-5)11(14)4/h6,9,13H,7-8H2,1-5H3. The van der Waals surface area contributed by atoms with Crippen molar-refractivity contribution in [2.45, 2.75) is 40.8 Å². The molecule has 0 aliphatic heterocycles. The first-order valence-corrected chi connectivity index (χ1v) is 5.36. The number of aryl methyl sites for hydroxylation is 1. The van der Waals surface area contributed by atoms with Crippen molar-refractivity contribution >= 4 is 0 Å². The van der Waals surface area contributed by atoms with Crippen LogP contribution in [0.3, 0.4) is 0 Å². The minimum absolute atomic E-state index is 0.710. The maximum absolute atomic E-state index is 3.21. The van der Waals surface area contributed by atoms with Crippen LogP contribution in [0.1, 0.15) is 30.8 Å². The molecule has 1 heterocycles. The molecule has 0 aromatic carbocycles. The van der Waals surface area contributed by atoms with E-state index in [4.69, 9.17) is 0 Å². The Kier molecular flexibility index (Phi) is 3.76. The Morgan fingerprint density at radius 3 is 2.50 bits per heavy atom. The van der Waals surface area contributed by atoms with Gasteiger partial charge in [-0.15, -0.1) is 0 Å². The van der Waals surface area contributed by atoms with Crippen molar-refractivity contribution < 1.29 is 0 Å². The van der Waals surface area contributed by atoms with E-state index in [0.29, 0.717) is 5.92 Å². The van der Waals surface area contributed by atoms with Gasteiger partial charge in [0.1, 0.15) is 0 Å². The highest BCUT2D eigenvalue weighted by molar-refractivity contribution is 5.26. The number of aromatic nitrogens is 1. The lowest BCUT2D eigenvalue weighted by Crippen LogP contribution is -2.10. The molecule has 0 amide bonds. The summed E-state index contributed by atoms with van der Waals surface area (Å²) in [6, 6.07) is 2.29. The first-order chi connectivity index (χ1) is 6.56. The van der Waals surface area contributed by atoms with Gasteiger partial charge in [-0.05, 0) is 38.4 Å². The third-order valence-corrected chi connectivity index (χ3v) is 2.59. The van der Waals surface area contributed by atoms with E-state index in [9.17, 15) is 0 Å². The van der Waals surface area contributed by atoms with Crippen molar-refractivity contribution in [2.75, 3.05) is 7.05 Å². The molecule has 0 unspecified atom stereocenters. The molecule has 1 aromatic rings. The van der Waals surface area contributed by atoms with Crippen LogP contribution in [0.2, 0.25) is 0 Å². The fourth-order valence-electron chi connectivity index (χ4n) is 1.89. The van der Waals surface area contributed by atoms with Crippen molar-refractivity contribution in [2.24, 2.45) is 5.92 Å². The Hall–Kier alpha value is -0.760. The van der Waals surface area contributed by atoms with Crippen LogP contribution in [0.15, 0.2) is 6.07 Å². The molecule has 0 spiro atoms. The summed E-state index contributed by atoms with van der Waals surface area (Å²) < 4.78 is 2.41. The molecule has 2 heteroatoms. The second-order valence-electron chi connectivity index (χ2n) is 4.43. The van der Waals surface area contributed by atoms with E-state index in [1.807, 2.05) is 7.05 Å². The molecule has 80 valence electrons. The van der Waals surface area contributed by atoms with Gasteiger partial charge in [-0.1, -0.05) is 13.8 Å². The molecule has 14 heavy (non-hydrogen) atoms. The Morgan fingerprint density at radius 2 is 2.00 bits per heavy atom. The molecule has 0 atom stereocenters. The average Bonchev–Trinajstić information content (AvgIpc) is 2.33. The summed E-state index contributed by atoms with van der Waals surface area (Å²) in [4.78, 5) is 0. The third kappa shape index (κ3) is 2.38. The van der Waals surface area contributed by atoms with Crippen molar-refractivity contribution in [1.29, 1.82) is 0 Å². The highest BCUT2D eigenvalue weighted by Crippen LogP contribution is 2.16. The number of nitrogens with one attached hydrogen (secondary N) is 1. The molecular weight excluding hydrogens is 172 g/mol. The summed E-state index contributed by atoms with van der Waals surface area (Å²) >= 11 is 0. The number of rotatable bonds is 4. The Labute approximate surface area is 87.3 Å². The van der Waals surface area contributed by atoms with Gasteiger partial charge in [0.2, 0.25) is 0 Å². The third-order valence-electron chi connectivity index (χ3n) is 2.59. The van der Waals surface area contributed by atoms with Gasteiger partial charge in [0.15, 0.2) is 0 Å². The minimum atomic E-state index is 0.710. The van der Waals surface area contributed by atoms with Gasteiger partial charge in [-0.3, -0.25) is 0 Å². The lowest BCUT2D eigenvalue weighted by Gasteiger charge is -2.12. The van der Waals surface area contributed by atoms with Crippen LogP contribution in [0.25, 0.3) is 0 Å². The molecule has 1 rings (SSSR count). The highest BCUT2D eigenvalue weighted by atomic mass is 15.0. The smallest absolute Gasteiger partial charge is 0.0247 e. The summed E-state index contributed by atoms with van der Waals surface area (Å²) in [5, 5.41) is 3.21. The molecule has 0 saturated heterocycles. The van der Waals surface area contributed by atoms with Crippen LogP contribution >= 0.6 is 0 Å². The van der Waals surface area contributed by atoms with Gasteiger partial charge in [0, 0.05) is 24.5 Å². The SMILES string of the molecule is CNCc1cc(C)n(CC(C)C)c1C. The van der Waals surface area contributed by atoms with Gasteiger partial charge in [0.25, 0.3) is 0 Å². The molecule has 0 bridgehead atoms. The zero-order valence-electron chi connectivity index (χ0n) is 10.0. The zero-order chi connectivity index (χ0) is 10.7. The predicted molar refractivity (Wildman–Crippen MR) is 61.5 cm³/mol. The van der Waals surface area contributed by atoms with Gasteiger partial charge in [-0.25, -0.2) is 0 Å². The maximum Gasteiger partial charge on any atom is 0.0247 e. The molecule has 0 saturated carbocycles. The van der Waals surface area contributed by atoms with Crippen molar-refractivity contribution in [3.05, 3.63) is 23.0 Å². The second-order valence-corrected chi connectivity index (χ2v) is 4.43. The number of hydrogen-bond acceptors (Lipinski definition) is 1. The van der Waals surface area contributed by atoms with Crippen molar-refractivity contribution in [3.8, 4) is 0 Å². The Morgan fingerprint density at radius 1 is 1.36 bits per heavy atom. The van der Waals surface area contributed by atoms with Crippen LogP contribution in [0.4, 0.5) is 0 Å². The van der Waals surface area contributed by atoms with Crippen LogP contribution in [-0.2, 0) is 13.1 Å². The summed E-state index contributed by atoms with van der Waals surface area (Å²) in [7, 11) is 1.99. The van der Waals surface area contributed by atoms with E-state index in [2.05, 4.69) is 43.6 Å². The van der Waals surface area contributed by atoms with Gasteiger partial charge < -0.3 is 9.88 Å². The zero-order valence-corrected chi connectivity index (χ0v) is 10.0. The van der Waals surface area contributed by atoms with Crippen LogP contribution < -0.4 is 5.32 Å². The molecule has 0 aliphatic carbocycles. The fourth-order valence-corrected chi connectivity index (χ4v) is 1.89. The molecule has 2 nitrogen and oxygen atoms in total.